The SMILES string of the molecule is CSc1cccc(N(Cc2cccs2)C(C)C)c1C(=O)O. The van der Waals surface area contributed by atoms with Gasteiger partial charge in [0.15, 0.2) is 0 Å². The number of rotatable bonds is 6. The number of nitrogens with zero attached hydrogens (tertiary/aromatic N) is 1. The van der Waals surface area contributed by atoms with Gasteiger partial charge in [0.2, 0.25) is 0 Å². The molecule has 0 aliphatic heterocycles. The number of thioether (sulfide) groups is 1. The molecule has 2 rings (SSSR count). The van der Waals surface area contributed by atoms with Crippen LogP contribution in [0.2, 0.25) is 0 Å². The Morgan fingerprint density at radius 3 is 2.62 bits per heavy atom. The van der Waals surface area contributed by atoms with Gasteiger partial charge in [0, 0.05) is 15.8 Å². The quantitative estimate of drug-likeness (QED) is 0.790. The average molecular weight is 321 g/mol. The molecule has 1 N–H and O–H groups in total. The molecule has 0 atom stereocenters. The van der Waals surface area contributed by atoms with Gasteiger partial charge in [-0.3, -0.25) is 0 Å². The molecule has 0 radical (unpaired) electrons. The van der Waals surface area contributed by atoms with E-state index in [1.54, 1.807) is 11.3 Å². The fourth-order valence-corrected chi connectivity index (χ4v) is 3.57. The Hall–Kier alpha value is -1.46. The van der Waals surface area contributed by atoms with E-state index >= 15 is 0 Å². The van der Waals surface area contributed by atoms with E-state index in [1.165, 1.54) is 16.6 Å². The summed E-state index contributed by atoms with van der Waals surface area (Å²) in [5, 5.41) is 11.6. The maximum Gasteiger partial charge on any atom is 0.338 e. The number of carbonyl (C=O) groups is 1. The maximum atomic E-state index is 11.7. The second kappa shape index (κ2) is 7.00. The van der Waals surface area contributed by atoms with Gasteiger partial charge in [-0.2, -0.15) is 0 Å². The molecule has 0 fully saturated rings. The molecule has 0 saturated heterocycles. The molecule has 3 nitrogen and oxygen atoms in total. The first-order valence-corrected chi connectivity index (χ1v) is 8.84. The van der Waals surface area contributed by atoms with Gasteiger partial charge in [-0.05, 0) is 43.7 Å². The van der Waals surface area contributed by atoms with Crippen LogP contribution in [0.3, 0.4) is 0 Å². The van der Waals surface area contributed by atoms with E-state index in [2.05, 4.69) is 24.8 Å². The Labute approximate surface area is 133 Å². The number of hydrogen-bond donors (Lipinski definition) is 1. The van der Waals surface area contributed by atoms with Gasteiger partial charge in [-0.15, -0.1) is 23.1 Å². The molecular formula is C16H19NO2S2. The lowest BCUT2D eigenvalue weighted by Crippen LogP contribution is -2.31. The van der Waals surface area contributed by atoms with Crippen molar-refractivity contribution in [2.24, 2.45) is 0 Å². The van der Waals surface area contributed by atoms with Crippen molar-refractivity contribution in [3.8, 4) is 0 Å². The first-order valence-electron chi connectivity index (χ1n) is 6.74. The Morgan fingerprint density at radius 1 is 1.33 bits per heavy atom. The molecule has 0 aliphatic rings. The number of benzene rings is 1. The second-order valence-corrected chi connectivity index (χ2v) is 6.84. The molecule has 0 amide bonds. The van der Waals surface area contributed by atoms with Crippen molar-refractivity contribution in [3.05, 3.63) is 46.2 Å². The predicted molar refractivity (Wildman–Crippen MR) is 90.8 cm³/mol. The molecule has 0 bridgehead atoms. The predicted octanol–water partition coefficient (Wildman–Crippen LogP) is 4.58. The zero-order valence-corrected chi connectivity index (χ0v) is 14.0. The molecule has 5 heteroatoms. The lowest BCUT2D eigenvalue weighted by molar-refractivity contribution is 0.0693. The zero-order valence-electron chi connectivity index (χ0n) is 12.4. The number of thiophene rings is 1. The summed E-state index contributed by atoms with van der Waals surface area (Å²) in [6.45, 7) is 4.91. The highest BCUT2D eigenvalue weighted by atomic mass is 32.2. The first-order chi connectivity index (χ1) is 10.0. The fraction of sp³-hybridized carbons (Fsp3) is 0.312. The molecular weight excluding hydrogens is 302 g/mol. The Kier molecular flexibility index (Phi) is 5.31. The van der Waals surface area contributed by atoms with E-state index in [1.807, 2.05) is 35.9 Å². The van der Waals surface area contributed by atoms with Crippen LogP contribution in [0.15, 0.2) is 40.6 Å². The van der Waals surface area contributed by atoms with Gasteiger partial charge in [0.1, 0.15) is 0 Å². The summed E-state index contributed by atoms with van der Waals surface area (Å²) in [5.74, 6) is -0.869. The third kappa shape index (κ3) is 3.60. The van der Waals surface area contributed by atoms with Crippen molar-refractivity contribution in [1.82, 2.24) is 0 Å². The van der Waals surface area contributed by atoms with E-state index < -0.39 is 5.97 Å². The van der Waals surface area contributed by atoms with E-state index in [4.69, 9.17) is 0 Å². The Morgan fingerprint density at radius 2 is 2.10 bits per heavy atom. The van der Waals surface area contributed by atoms with E-state index in [0.717, 1.165) is 17.1 Å². The average Bonchev–Trinajstić information content (AvgIpc) is 2.96. The van der Waals surface area contributed by atoms with Crippen LogP contribution in [-0.4, -0.2) is 23.4 Å². The van der Waals surface area contributed by atoms with Crippen molar-refractivity contribution >= 4 is 34.8 Å². The topological polar surface area (TPSA) is 40.5 Å². The van der Waals surface area contributed by atoms with Crippen molar-refractivity contribution in [1.29, 1.82) is 0 Å². The summed E-state index contributed by atoms with van der Waals surface area (Å²) in [6.07, 6.45) is 1.91. The molecule has 112 valence electrons. The normalized spacial score (nSPS) is 10.9. The lowest BCUT2D eigenvalue weighted by atomic mass is 10.1. The second-order valence-electron chi connectivity index (χ2n) is 4.96. The number of carboxylic acid groups (broad SMARTS) is 1. The highest BCUT2D eigenvalue weighted by Gasteiger charge is 2.21. The number of hydrogen-bond acceptors (Lipinski definition) is 4. The minimum absolute atomic E-state index is 0.224. The van der Waals surface area contributed by atoms with Crippen molar-refractivity contribution in [3.63, 3.8) is 0 Å². The van der Waals surface area contributed by atoms with Gasteiger partial charge in [-0.1, -0.05) is 12.1 Å². The third-order valence-electron chi connectivity index (χ3n) is 3.28. The van der Waals surface area contributed by atoms with E-state index in [9.17, 15) is 9.90 Å². The number of carboxylic acids is 1. The van der Waals surface area contributed by atoms with Crippen molar-refractivity contribution in [2.45, 2.75) is 31.3 Å². The fourth-order valence-electron chi connectivity index (χ4n) is 2.26. The lowest BCUT2D eigenvalue weighted by Gasteiger charge is -2.30. The van der Waals surface area contributed by atoms with Gasteiger partial charge in [0.05, 0.1) is 17.8 Å². The summed E-state index contributed by atoms with van der Waals surface area (Å²) in [6, 6.07) is 10.0. The standard InChI is InChI=1S/C16H19NO2S2/c1-11(2)17(10-12-6-5-9-21-12)13-7-4-8-14(20-3)15(13)16(18)19/h4-9,11H,10H2,1-3H3,(H,18,19). The minimum atomic E-state index is -0.869. The van der Waals surface area contributed by atoms with Crippen LogP contribution in [-0.2, 0) is 6.54 Å². The molecule has 1 aromatic heterocycles. The monoisotopic (exact) mass is 321 g/mol. The summed E-state index contributed by atoms with van der Waals surface area (Å²) < 4.78 is 0. The van der Waals surface area contributed by atoms with Gasteiger partial charge >= 0.3 is 5.97 Å². The highest BCUT2D eigenvalue weighted by molar-refractivity contribution is 7.98. The Bertz CT molecular complexity index is 609. The molecule has 0 saturated carbocycles. The molecule has 1 heterocycles. The smallest absolute Gasteiger partial charge is 0.338 e. The summed E-state index contributed by atoms with van der Waals surface area (Å²) >= 11 is 3.16. The number of aromatic carboxylic acids is 1. The molecule has 0 spiro atoms. The molecule has 2 aromatic rings. The molecule has 1 aromatic carbocycles. The van der Waals surface area contributed by atoms with Crippen LogP contribution >= 0.6 is 23.1 Å². The minimum Gasteiger partial charge on any atom is -0.478 e. The van der Waals surface area contributed by atoms with Gasteiger partial charge in [-0.25, -0.2) is 4.79 Å². The molecule has 0 aliphatic carbocycles. The zero-order chi connectivity index (χ0) is 15.4. The third-order valence-corrected chi connectivity index (χ3v) is 4.92. The van der Waals surface area contributed by atoms with Crippen LogP contribution in [0.1, 0.15) is 29.1 Å². The maximum absolute atomic E-state index is 11.7. The van der Waals surface area contributed by atoms with Crippen molar-refractivity contribution in [2.75, 3.05) is 11.2 Å². The van der Waals surface area contributed by atoms with Crippen LogP contribution in [0, 0.1) is 0 Å². The van der Waals surface area contributed by atoms with Crippen LogP contribution in [0.5, 0.6) is 0 Å². The number of anilines is 1. The Balaban J connectivity index is 2.47. The summed E-state index contributed by atoms with van der Waals surface area (Å²) in [4.78, 5) is 15.9. The van der Waals surface area contributed by atoms with E-state index in [-0.39, 0.29) is 6.04 Å². The summed E-state index contributed by atoms with van der Waals surface area (Å²) in [5.41, 5.74) is 1.19. The largest absolute Gasteiger partial charge is 0.478 e. The van der Waals surface area contributed by atoms with Gasteiger partial charge < -0.3 is 10.0 Å². The van der Waals surface area contributed by atoms with Gasteiger partial charge in [0.25, 0.3) is 0 Å². The highest BCUT2D eigenvalue weighted by Crippen LogP contribution is 2.32. The van der Waals surface area contributed by atoms with E-state index in [0.29, 0.717) is 5.56 Å². The first kappa shape index (κ1) is 15.9. The van der Waals surface area contributed by atoms with Crippen LogP contribution in [0.4, 0.5) is 5.69 Å². The molecule has 21 heavy (non-hydrogen) atoms. The van der Waals surface area contributed by atoms with Crippen LogP contribution < -0.4 is 4.90 Å². The molecule has 0 unspecified atom stereocenters. The van der Waals surface area contributed by atoms with Crippen LogP contribution in [0.25, 0.3) is 0 Å². The summed E-state index contributed by atoms with van der Waals surface area (Å²) in [7, 11) is 0. The van der Waals surface area contributed by atoms with Crippen molar-refractivity contribution < 1.29 is 9.90 Å².